The Morgan fingerprint density at radius 2 is 0.986 bits per heavy atom. The SMILES string of the molecule is C=CCCCO[C@@H]1O[C@H](COCc2ccccc2)[C@@H](O[C@@H]2O[C@H](COCc3ccccc3)[C@H](OCc3ccccc3)[C@H](OCc3ccccc3)[C@H]2O)[C@H](OC(=O)c2ccccc2)[C@H]1N1C(=O)c2ccccc2C1=O. The van der Waals surface area contributed by atoms with Gasteiger partial charge in [0.15, 0.2) is 18.7 Å². The first-order chi connectivity index (χ1) is 36.4. The lowest BCUT2D eigenvalue weighted by atomic mass is 9.93. The predicted octanol–water partition coefficient (Wildman–Crippen LogP) is 8.66. The highest BCUT2D eigenvalue weighted by molar-refractivity contribution is 6.21. The summed E-state index contributed by atoms with van der Waals surface area (Å²) in [5, 5.41) is 12.8. The standard InChI is InChI=1S/C60H61NO13/c1-2-3-21-34-68-59-50(61-56(63)46-32-19-20-33-47(46)57(61)64)54(73-58(65)45-30-17-8-18-31-45)53(49(71-59)40-67-36-42-24-11-5-12-25-42)74-60-51(62)55(70-38-44-28-15-7-16-29-44)52(69-37-43-26-13-6-14-27-43)48(72-60)39-66-35-41-22-9-4-10-23-41/h2,4-20,22-33,48-55,59-60,62H,1,3,21,34-40H2/t48-,49-,50-,51-,52+,53-,54-,55-,59-,60+/m1/s1. The monoisotopic (exact) mass is 1000 g/mol. The molecule has 0 unspecified atom stereocenters. The zero-order valence-corrected chi connectivity index (χ0v) is 41.0. The minimum atomic E-state index is -1.56. The molecule has 3 aliphatic heterocycles. The van der Waals surface area contributed by atoms with Crippen LogP contribution >= 0.6 is 0 Å². The number of aliphatic hydroxyl groups excluding tert-OH is 1. The molecule has 0 saturated carbocycles. The van der Waals surface area contributed by atoms with E-state index < -0.39 is 79.1 Å². The highest BCUT2D eigenvalue weighted by atomic mass is 16.7. The molecule has 14 nitrogen and oxygen atoms in total. The van der Waals surface area contributed by atoms with Crippen molar-refractivity contribution in [2.24, 2.45) is 0 Å². The van der Waals surface area contributed by atoms with Crippen LogP contribution in [0.4, 0.5) is 0 Å². The number of aliphatic hydroxyl groups is 1. The highest BCUT2D eigenvalue weighted by Crippen LogP contribution is 2.39. The van der Waals surface area contributed by atoms with Crippen molar-refractivity contribution in [3.8, 4) is 0 Å². The number of ether oxygens (including phenoxy) is 9. The molecule has 0 radical (unpaired) electrons. The Morgan fingerprint density at radius 1 is 0.541 bits per heavy atom. The summed E-state index contributed by atoms with van der Waals surface area (Å²) in [6.07, 6.45) is -8.61. The van der Waals surface area contributed by atoms with Crippen LogP contribution in [0.2, 0.25) is 0 Å². The van der Waals surface area contributed by atoms with Gasteiger partial charge in [0.2, 0.25) is 0 Å². The first-order valence-electron chi connectivity index (χ1n) is 25.0. The van der Waals surface area contributed by atoms with Gasteiger partial charge < -0.3 is 47.7 Å². The summed E-state index contributed by atoms with van der Waals surface area (Å²) in [5.41, 5.74) is 4.03. The molecule has 2 fully saturated rings. The van der Waals surface area contributed by atoms with Crippen LogP contribution in [0.25, 0.3) is 0 Å². The second-order valence-corrected chi connectivity index (χ2v) is 18.3. The fourth-order valence-corrected chi connectivity index (χ4v) is 9.36. The van der Waals surface area contributed by atoms with E-state index in [4.69, 9.17) is 42.6 Å². The lowest BCUT2D eigenvalue weighted by Gasteiger charge is -2.50. The highest BCUT2D eigenvalue weighted by Gasteiger charge is 2.58. The van der Waals surface area contributed by atoms with Gasteiger partial charge in [-0.15, -0.1) is 6.58 Å². The van der Waals surface area contributed by atoms with Crippen molar-refractivity contribution in [1.82, 2.24) is 4.90 Å². The number of fused-ring (bicyclic) bond motifs is 1. The van der Waals surface area contributed by atoms with Gasteiger partial charge in [0.1, 0.15) is 42.7 Å². The fourth-order valence-electron chi connectivity index (χ4n) is 9.36. The maximum absolute atomic E-state index is 14.6. The normalized spacial score (nSPS) is 24.6. The van der Waals surface area contributed by atoms with Crippen LogP contribution in [0, 0.1) is 0 Å². The molecule has 0 spiro atoms. The minimum absolute atomic E-state index is 0.0262. The number of imide groups is 1. The molecule has 9 rings (SSSR count). The van der Waals surface area contributed by atoms with Gasteiger partial charge in [-0.3, -0.25) is 14.5 Å². The maximum atomic E-state index is 14.6. The fraction of sp³-hybridized carbons (Fsp3) is 0.317. The number of amides is 2. The summed E-state index contributed by atoms with van der Waals surface area (Å²) < 4.78 is 59.9. The number of carbonyl (C=O) groups is 3. The third-order valence-corrected chi connectivity index (χ3v) is 13.1. The van der Waals surface area contributed by atoms with E-state index in [1.807, 2.05) is 121 Å². The third-order valence-electron chi connectivity index (χ3n) is 13.1. The largest absolute Gasteiger partial charge is 0.453 e. The molecule has 2 amide bonds. The van der Waals surface area contributed by atoms with Crippen LogP contribution < -0.4 is 0 Å². The molecule has 1 N–H and O–H groups in total. The predicted molar refractivity (Wildman–Crippen MR) is 272 cm³/mol. The Bertz CT molecular complexity index is 2680. The molecule has 384 valence electrons. The number of allylic oxidation sites excluding steroid dienone is 1. The minimum Gasteiger partial charge on any atom is -0.453 e. The number of benzene rings is 6. The van der Waals surface area contributed by atoms with E-state index in [0.29, 0.717) is 12.8 Å². The van der Waals surface area contributed by atoms with Crippen molar-refractivity contribution < 1.29 is 62.1 Å². The molecule has 6 aromatic rings. The summed E-state index contributed by atoms with van der Waals surface area (Å²) >= 11 is 0. The lowest BCUT2D eigenvalue weighted by Crippen LogP contribution is -2.69. The summed E-state index contributed by atoms with van der Waals surface area (Å²) in [6.45, 7) is 4.42. The van der Waals surface area contributed by atoms with Crippen LogP contribution in [0.15, 0.2) is 189 Å². The Morgan fingerprint density at radius 3 is 1.50 bits per heavy atom. The lowest BCUT2D eigenvalue weighted by molar-refractivity contribution is -0.359. The van der Waals surface area contributed by atoms with Gasteiger partial charge in [-0.25, -0.2) is 4.79 Å². The number of nitrogens with zero attached hydrogens (tertiary/aromatic N) is 1. The average Bonchev–Trinajstić information content (AvgIpc) is 3.71. The Kier molecular flexibility index (Phi) is 18.3. The van der Waals surface area contributed by atoms with Gasteiger partial charge in [0.25, 0.3) is 11.8 Å². The summed E-state index contributed by atoms with van der Waals surface area (Å²) in [4.78, 5) is 44.8. The van der Waals surface area contributed by atoms with Gasteiger partial charge in [-0.2, -0.15) is 0 Å². The van der Waals surface area contributed by atoms with Gasteiger partial charge in [-0.05, 0) is 59.4 Å². The molecular formula is C60H61NO13. The molecule has 6 aromatic carbocycles. The van der Waals surface area contributed by atoms with Crippen molar-refractivity contribution in [1.29, 1.82) is 0 Å². The second-order valence-electron chi connectivity index (χ2n) is 18.3. The van der Waals surface area contributed by atoms with Crippen LogP contribution in [0.3, 0.4) is 0 Å². The third kappa shape index (κ3) is 13.0. The van der Waals surface area contributed by atoms with Crippen LogP contribution in [-0.4, -0.2) is 109 Å². The van der Waals surface area contributed by atoms with E-state index in [9.17, 15) is 19.5 Å². The van der Waals surface area contributed by atoms with E-state index >= 15 is 0 Å². The number of hydrogen-bond donors (Lipinski definition) is 1. The molecule has 0 aliphatic carbocycles. The van der Waals surface area contributed by atoms with E-state index in [0.717, 1.165) is 27.2 Å². The molecule has 14 heteroatoms. The summed E-state index contributed by atoms with van der Waals surface area (Å²) in [6, 6.07) is 51.7. The number of rotatable bonds is 24. The zero-order valence-electron chi connectivity index (χ0n) is 41.0. The number of esters is 1. The van der Waals surface area contributed by atoms with Gasteiger partial charge in [0.05, 0.1) is 62.9 Å². The van der Waals surface area contributed by atoms with E-state index in [1.165, 1.54) is 0 Å². The Balaban J connectivity index is 1.12. The van der Waals surface area contributed by atoms with E-state index in [-0.39, 0.29) is 62.9 Å². The van der Waals surface area contributed by atoms with Crippen molar-refractivity contribution in [2.45, 2.75) is 101 Å². The average molecular weight is 1000 g/mol. The second kappa shape index (κ2) is 26.0. The van der Waals surface area contributed by atoms with E-state index in [2.05, 4.69) is 6.58 Å². The quantitative estimate of drug-likeness (QED) is 0.0266. The number of hydrogen-bond acceptors (Lipinski definition) is 13. The summed E-state index contributed by atoms with van der Waals surface area (Å²) in [5.74, 6) is -2.07. The molecule has 10 atom stereocenters. The van der Waals surface area contributed by atoms with E-state index in [1.54, 1.807) is 60.7 Å². The van der Waals surface area contributed by atoms with Crippen LogP contribution in [0.5, 0.6) is 0 Å². The van der Waals surface area contributed by atoms with Crippen molar-refractivity contribution >= 4 is 17.8 Å². The molecule has 3 aliphatic rings. The Labute approximate surface area is 431 Å². The van der Waals surface area contributed by atoms with Crippen molar-refractivity contribution in [3.05, 3.63) is 228 Å². The molecular weight excluding hydrogens is 943 g/mol. The molecule has 2 saturated heterocycles. The van der Waals surface area contributed by atoms with Gasteiger partial charge >= 0.3 is 5.97 Å². The van der Waals surface area contributed by atoms with Crippen molar-refractivity contribution in [2.75, 3.05) is 19.8 Å². The van der Waals surface area contributed by atoms with Crippen LogP contribution in [-0.2, 0) is 69.1 Å². The molecule has 0 aromatic heterocycles. The molecule has 0 bridgehead atoms. The van der Waals surface area contributed by atoms with Crippen LogP contribution in [0.1, 0.15) is 66.2 Å². The van der Waals surface area contributed by atoms with Gasteiger partial charge in [-0.1, -0.05) is 158 Å². The van der Waals surface area contributed by atoms with Crippen molar-refractivity contribution in [3.63, 3.8) is 0 Å². The number of unbranched alkanes of at least 4 members (excludes halogenated alkanes) is 1. The first kappa shape index (κ1) is 52.2. The Hall–Kier alpha value is -6.69. The molecule has 74 heavy (non-hydrogen) atoms. The van der Waals surface area contributed by atoms with Gasteiger partial charge in [0, 0.05) is 0 Å². The topological polar surface area (TPSA) is 158 Å². The number of carbonyl (C=O) groups excluding carboxylic acids is 3. The first-order valence-corrected chi connectivity index (χ1v) is 25.0. The zero-order chi connectivity index (χ0) is 51.1. The summed E-state index contributed by atoms with van der Waals surface area (Å²) in [7, 11) is 0. The maximum Gasteiger partial charge on any atom is 0.338 e. The molecule has 3 heterocycles. The smallest absolute Gasteiger partial charge is 0.338 e.